The van der Waals surface area contributed by atoms with Gasteiger partial charge < -0.3 is 0 Å². The molecule has 0 bridgehead atoms. The van der Waals surface area contributed by atoms with Gasteiger partial charge in [0.15, 0.2) is 0 Å². The van der Waals surface area contributed by atoms with Crippen LogP contribution in [0.5, 0.6) is 0 Å². The van der Waals surface area contributed by atoms with Crippen LogP contribution in [0.15, 0.2) is 41.6 Å². The molecule has 0 aliphatic carbocycles. The highest BCUT2D eigenvalue weighted by molar-refractivity contribution is 7.94. The molecule has 1 nitrogen and oxygen atoms in total. The number of aliphatic imine (C=N–C) groups is 1. The van der Waals surface area contributed by atoms with E-state index in [0.29, 0.717) is 11.5 Å². The lowest BCUT2D eigenvalue weighted by molar-refractivity contribution is 1.20. The van der Waals surface area contributed by atoms with E-state index in [9.17, 15) is 0 Å². The molecule has 0 aromatic rings. The summed E-state index contributed by atoms with van der Waals surface area (Å²) < 4.78 is 0. The quantitative estimate of drug-likeness (QED) is 0.223. The van der Waals surface area contributed by atoms with Gasteiger partial charge in [0.2, 0.25) is 0 Å². The molecule has 0 spiro atoms. The highest BCUT2D eigenvalue weighted by Gasteiger charge is 1.92. The predicted molar refractivity (Wildman–Crippen MR) is 62.9 cm³/mol. The molecule has 3 heteroatoms. The number of rotatable bonds is 4. The molecule has 1 atom stereocenters. The molecular formula is C9H14BNS. The van der Waals surface area contributed by atoms with Crippen LogP contribution in [0.2, 0.25) is 5.82 Å². The molecule has 0 rings (SSSR count). The lowest BCUT2D eigenvalue weighted by Crippen LogP contribution is -1.81. The van der Waals surface area contributed by atoms with Crippen LogP contribution in [0, 0.1) is 0 Å². The van der Waals surface area contributed by atoms with Crippen LogP contribution >= 0.6 is 12.6 Å². The lowest BCUT2D eigenvalue weighted by atomic mass is 9.89. The van der Waals surface area contributed by atoms with Crippen molar-refractivity contribution in [2.24, 2.45) is 4.99 Å². The van der Waals surface area contributed by atoms with Gasteiger partial charge in [-0.3, -0.25) is 4.99 Å². The van der Waals surface area contributed by atoms with Crippen LogP contribution in [0.3, 0.4) is 0 Å². The summed E-state index contributed by atoms with van der Waals surface area (Å²) in [5, 5.41) is 0. The van der Waals surface area contributed by atoms with Crippen LogP contribution in [0.1, 0.15) is 6.92 Å². The van der Waals surface area contributed by atoms with Gasteiger partial charge in [-0.2, -0.15) is 0 Å². The molecule has 0 aliphatic heterocycles. The maximum absolute atomic E-state index is 3.90. The molecule has 64 valence electrons. The third-order valence-electron chi connectivity index (χ3n) is 1.27. The summed E-state index contributed by atoms with van der Waals surface area (Å²) in [5.74, 6) is 0.523. The molecule has 0 aromatic heterocycles. The molecule has 1 unspecified atom stereocenters. The first-order chi connectivity index (χ1) is 5.57. The maximum Gasteiger partial charge on any atom is 0.109 e. The van der Waals surface area contributed by atoms with Gasteiger partial charge in [0, 0.05) is 0 Å². The minimum absolute atomic E-state index is 0.523. The second-order valence-electron chi connectivity index (χ2n) is 2.82. The van der Waals surface area contributed by atoms with Crippen molar-refractivity contribution in [2.45, 2.75) is 12.7 Å². The fourth-order valence-electron chi connectivity index (χ4n) is 0.557. The summed E-state index contributed by atoms with van der Waals surface area (Å²) in [4.78, 5) is 3.90. The molecule has 0 N–H and O–H groups in total. The van der Waals surface area contributed by atoms with E-state index in [1.807, 2.05) is 6.08 Å². The monoisotopic (exact) mass is 179 g/mol. The summed E-state index contributed by atoms with van der Waals surface area (Å²) in [6, 6.07) is 0. The first-order valence-corrected chi connectivity index (χ1v) is 4.32. The SMILES string of the molecule is BC(C)/C=C\C(=C)C(=C)/N=C\S. The average molecular weight is 179 g/mol. The van der Waals surface area contributed by atoms with Crippen molar-refractivity contribution < 1.29 is 0 Å². The van der Waals surface area contributed by atoms with Gasteiger partial charge in [0.1, 0.15) is 7.85 Å². The molecule has 0 saturated carbocycles. The van der Waals surface area contributed by atoms with Crippen molar-refractivity contribution >= 4 is 26.0 Å². The van der Waals surface area contributed by atoms with Gasteiger partial charge in [-0.15, -0.1) is 12.6 Å². The zero-order chi connectivity index (χ0) is 9.56. The van der Waals surface area contributed by atoms with Crippen molar-refractivity contribution in [3.63, 3.8) is 0 Å². The van der Waals surface area contributed by atoms with E-state index in [-0.39, 0.29) is 0 Å². The average Bonchev–Trinajstić information content (AvgIpc) is 2.00. The second-order valence-corrected chi connectivity index (χ2v) is 3.05. The van der Waals surface area contributed by atoms with Crippen LogP contribution in [-0.2, 0) is 0 Å². The third-order valence-corrected chi connectivity index (χ3v) is 1.38. The Balaban J connectivity index is 4.13. The fraction of sp³-hybridized carbons (Fsp3) is 0.222. The Labute approximate surface area is 80.8 Å². The second kappa shape index (κ2) is 5.89. The molecule has 0 saturated heterocycles. The first kappa shape index (κ1) is 11.3. The van der Waals surface area contributed by atoms with Crippen molar-refractivity contribution in [1.29, 1.82) is 0 Å². The lowest BCUT2D eigenvalue weighted by Gasteiger charge is -1.98. The molecule has 0 heterocycles. The Morgan fingerprint density at radius 1 is 1.58 bits per heavy atom. The summed E-state index contributed by atoms with van der Waals surface area (Å²) in [6.45, 7) is 9.64. The summed E-state index contributed by atoms with van der Waals surface area (Å²) in [6.07, 6.45) is 3.98. The van der Waals surface area contributed by atoms with Gasteiger partial charge in [0.05, 0.1) is 11.2 Å². The first-order valence-electron chi connectivity index (χ1n) is 3.81. The van der Waals surface area contributed by atoms with Crippen molar-refractivity contribution in [3.05, 3.63) is 36.6 Å². The van der Waals surface area contributed by atoms with Crippen LogP contribution in [-0.4, -0.2) is 13.4 Å². The molecular weight excluding hydrogens is 165 g/mol. The minimum Gasteiger partial charge on any atom is -0.250 e. The Morgan fingerprint density at radius 3 is 2.58 bits per heavy atom. The Hall–Kier alpha value is -0.695. The summed E-state index contributed by atoms with van der Waals surface area (Å²) >= 11 is 3.85. The van der Waals surface area contributed by atoms with Gasteiger partial charge in [0.25, 0.3) is 0 Å². The highest BCUT2D eigenvalue weighted by atomic mass is 32.1. The van der Waals surface area contributed by atoms with E-state index in [1.165, 1.54) is 5.55 Å². The van der Waals surface area contributed by atoms with Gasteiger partial charge in [-0.1, -0.05) is 38.1 Å². The Bertz CT molecular complexity index is 229. The van der Waals surface area contributed by atoms with E-state index in [2.05, 4.69) is 51.6 Å². The topological polar surface area (TPSA) is 12.4 Å². The van der Waals surface area contributed by atoms with E-state index in [0.717, 1.165) is 5.57 Å². The van der Waals surface area contributed by atoms with Crippen molar-refractivity contribution in [1.82, 2.24) is 0 Å². The molecule has 0 aliphatic rings. The Morgan fingerprint density at radius 2 is 2.17 bits per heavy atom. The maximum atomic E-state index is 3.90. The number of nitrogens with zero attached hydrogens (tertiary/aromatic N) is 1. The van der Waals surface area contributed by atoms with Crippen molar-refractivity contribution in [2.75, 3.05) is 0 Å². The Kier molecular flexibility index (Phi) is 5.55. The van der Waals surface area contributed by atoms with Crippen LogP contribution in [0.25, 0.3) is 0 Å². The number of hydrogen-bond acceptors (Lipinski definition) is 1. The summed E-state index contributed by atoms with van der Waals surface area (Å²) in [5.41, 5.74) is 2.90. The minimum atomic E-state index is 0.523. The molecule has 12 heavy (non-hydrogen) atoms. The number of allylic oxidation sites excluding steroid dienone is 2. The normalized spacial score (nSPS) is 13.8. The molecule has 0 aromatic carbocycles. The van der Waals surface area contributed by atoms with Crippen LogP contribution < -0.4 is 0 Å². The van der Waals surface area contributed by atoms with E-state index in [1.54, 1.807) is 0 Å². The fourth-order valence-corrected chi connectivity index (χ4v) is 0.697. The van der Waals surface area contributed by atoms with Gasteiger partial charge in [-0.05, 0) is 5.57 Å². The zero-order valence-corrected chi connectivity index (χ0v) is 8.51. The molecule has 0 amide bonds. The van der Waals surface area contributed by atoms with E-state index in [4.69, 9.17) is 0 Å². The summed E-state index contributed by atoms with van der Waals surface area (Å²) in [7, 11) is 2.11. The zero-order valence-electron chi connectivity index (χ0n) is 7.62. The van der Waals surface area contributed by atoms with Gasteiger partial charge >= 0.3 is 0 Å². The van der Waals surface area contributed by atoms with E-state index < -0.39 is 0 Å². The molecule has 0 fully saturated rings. The van der Waals surface area contributed by atoms with Crippen molar-refractivity contribution in [3.8, 4) is 0 Å². The number of hydrogen-bond donors (Lipinski definition) is 1. The third kappa shape index (κ3) is 5.02. The highest BCUT2D eigenvalue weighted by Crippen LogP contribution is 2.10. The smallest absolute Gasteiger partial charge is 0.109 e. The molecule has 0 radical (unpaired) electrons. The largest absolute Gasteiger partial charge is 0.250 e. The van der Waals surface area contributed by atoms with Crippen LogP contribution in [0.4, 0.5) is 0 Å². The standard InChI is InChI=1S/C9H14BNS/c1-7(4-5-8(2)10)9(3)11-6-12/h4-6,8H,1,3,10H2,2H3,(H,11,12)/b5-4-. The predicted octanol–water partition coefficient (Wildman–Crippen LogP) is 2.01. The number of thiol groups is 1. The van der Waals surface area contributed by atoms with Gasteiger partial charge in [-0.25, -0.2) is 0 Å². The van der Waals surface area contributed by atoms with E-state index >= 15 is 0 Å².